The third-order valence-electron chi connectivity index (χ3n) is 3.25. The third kappa shape index (κ3) is 4.61. The summed E-state index contributed by atoms with van der Waals surface area (Å²) in [6.07, 6.45) is 1.19. The number of rotatable bonds is 3. The van der Waals surface area contributed by atoms with Gasteiger partial charge in [-0.3, -0.25) is 4.79 Å². The van der Waals surface area contributed by atoms with Crippen LogP contribution in [0.5, 0.6) is 11.5 Å². The van der Waals surface area contributed by atoms with E-state index in [1.807, 2.05) is 0 Å². The number of nitrogens with one attached hydrogen (secondary N) is 1. The molecule has 0 saturated carbocycles. The monoisotopic (exact) mass is 285 g/mol. The van der Waals surface area contributed by atoms with Gasteiger partial charge in [-0.25, -0.2) is 0 Å². The fourth-order valence-corrected chi connectivity index (χ4v) is 2.13. The summed E-state index contributed by atoms with van der Waals surface area (Å²) in [6.45, 7) is 2.58. The van der Waals surface area contributed by atoms with Crippen LogP contribution in [-0.2, 0) is 17.8 Å². The minimum atomic E-state index is 0.391. The van der Waals surface area contributed by atoms with Crippen LogP contribution in [0, 0.1) is 0 Å². The Balaban J connectivity index is 0.000000154. The van der Waals surface area contributed by atoms with Crippen LogP contribution < -0.4 is 14.8 Å². The van der Waals surface area contributed by atoms with Crippen molar-refractivity contribution in [2.24, 2.45) is 0 Å². The molecule has 0 radical (unpaired) electrons. The van der Waals surface area contributed by atoms with Crippen LogP contribution in [0.2, 0.25) is 0 Å². The van der Waals surface area contributed by atoms with Crippen molar-refractivity contribution < 1.29 is 14.3 Å². The molecule has 1 aliphatic heterocycles. The smallest absolute Gasteiger partial charge is 0.298 e. The molecule has 2 aromatic carbocycles. The van der Waals surface area contributed by atoms with E-state index in [9.17, 15) is 4.79 Å². The molecule has 21 heavy (non-hydrogen) atoms. The molecule has 0 amide bonds. The van der Waals surface area contributed by atoms with Crippen molar-refractivity contribution in [2.75, 3.05) is 13.7 Å². The Morgan fingerprint density at radius 2 is 1.67 bits per heavy atom. The van der Waals surface area contributed by atoms with E-state index in [4.69, 9.17) is 4.74 Å². The summed E-state index contributed by atoms with van der Waals surface area (Å²) < 4.78 is 9.47. The van der Waals surface area contributed by atoms with Gasteiger partial charge in [0.2, 0.25) is 0 Å². The van der Waals surface area contributed by atoms with Crippen LogP contribution in [-0.4, -0.2) is 20.1 Å². The molecular formula is C17H19NO3. The van der Waals surface area contributed by atoms with E-state index in [1.165, 1.54) is 17.5 Å². The molecule has 4 nitrogen and oxygen atoms in total. The normalized spacial score (nSPS) is 12.4. The Morgan fingerprint density at radius 3 is 2.29 bits per heavy atom. The average molecular weight is 285 g/mol. The van der Waals surface area contributed by atoms with E-state index in [0.29, 0.717) is 12.2 Å². The Morgan fingerprint density at radius 1 is 1.00 bits per heavy atom. The molecule has 0 fully saturated rings. The van der Waals surface area contributed by atoms with E-state index in [-0.39, 0.29) is 0 Å². The molecule has 0 aliphatic carbocycles. The highest BCUT2D eigenvalue weighted by Gasteiger charge is 2.05. The quantitative estimate of drug-likeness (QED) is 0.881. The lowest BCUT2D eigenvalue weighted by molar-refractivity contribution is -0.120. The molecule has 2 aromatic rings. The van der Waals surface area contributed by atoms with Crippen LogP contribution in [0.25, 0.3) is 0 Å². The van der Waals surface area contributed by atoms with Crippen molar-refractivity contribution >= 4 is 6.47 Å². The molecule has 0 aromatic heterocycles. The van der Waals surface area contributed by atoms with Crippen LogP contribution in [0.15, 0.2) is 48.5 Å². The minimum Gasteiger partial charge on any atom is -0.497 e. The lowest BCUT2D eigenvalue weighted by Crippen LogP contribution is -2.23. The van der Waals surface area contributed by atoms with Crippen LogP contribution in [0.4, 0.5) is 0 Å². The summed E-state index contributed by atoms with van der Waals surface area (Å²) >= 11 is 0. The molecule has 110 valence electrons. The first kappa shape index (κ1) is 15.1. The zero-order valence-corrected chi connectivity index (χ0v) is 12.0. The first-order valence-electron chi connectivity index (χ1n) is 6.85. The summed E-state index contributed by atoms with van der Waals surface area (Å²) in [5.41, 5.74) is 2.98. The second-order valence-electron chi connectivity index (χ2n) is 4.59. The Labute approximate surface area is 124 Å². The fraction of sp³-hybridized carbons (Fsp3) is 0.235. The number of hydrogen-bond donors (Lipinski definition) is 1. The molecule has 1 heterocycles. The van der Waals surface area contributed by atoms with Crippen molar-refractivity contribution in [2.45, 2.75) is 13.0 Å². The number of ether oxygens (including phenoxy) is 2. The maximum Gasteiger partial charge on any atom is 0.298 e. The highest BCUT2D eigenvalue weighted by atomic mass is 16.5. The summed E-state index contributed by atoms with van der Waals surface area (Å²) in [4.78, 5) is 9.88. The highest BCUT2D eigenvalue weighted by Crippen LogP contribution is 2.16. The largest absolute Gasteiger partial charge is 0.497 e. The lowest BCUT2D eigenvalue weighted by atomic mass is 10.0. The van der Waals surface area contributed by atoms with Crippen molar-refractivity contribution in [3.63, 3.8) is 0 Å². The van der Waals surface area contributed by atoms with Gasteiger partial charge in [-0.15, -0.1) is 0 Å². The first-order valence-corrected chi connectivity index (χ1v) is 6.85. The Kier molecular flexibility index (Phi) is 5.79. The van der Waals surface area contributed by atoms with Gasteiger partial charge in [0.25, 0.3) is 6.47 Å². The fourth-order valence-electron chi connectivity index (χ4n) is 2.13. The molecule has 4 heteroatoms. The molecular weight excluding hydrogens is 266 g/mol. The maximum absolute atomic E-state index is 9.88. The molecule has 3 rings (SSSR count). The van der Waals surface area contributed by atoms with Crippen LogP contribution in [0.3, 0.4) is 0 Å². The minimum absolute atomic E-state index is 0.391. The average Bonchev–Trinajstić information content (AvgIpc) is 2.57. The predicted molar refractivity (Wildman–Crippen MR) is 81.5 cm³/mol. The zero-order chi connectivity index (χ0) is 14.9. The van der Waals surface area contributed by atoms with Crippen molar-refractivity contribution in [1.29, 1.82) is 0 Å². The summed E-state index contributed by atoms with van der Waals surface area (Å²) in [7, 11) is 1.58. The Bertz CT molecular complexity index is 542. The van der Waals surface area contributed by atoms with Gasteiger partial charge in [0, 0.05) is 6.54 Å². The van der Waals surface area contributed by atoms with Gasteiger partial charge in [0.1, 0.15) is 11.5 Å². The highest BCUT2D eigenvalue weighted by molar-refractivity contribution is 5.45. The number of carbonyl (C=O) groups excluding carboxylic acids is 1. The molecule has 0 atom stereocenters. The molecule has 0 bridgehead atoms. The predicted octanol–water partition coefficient (Wildman–Crippen LogP) is 2.56. The SMILES string of the molecule is COc1ccc(OC=O)cc1.c1ccc2c(c1)CCNC2. The van der Waals surface area contributed by atoms with Crippen molar-refractivity contribution in [3.05, 3.63) is 59.7 Å². The number of methoxy groups -OCH3 is 1. The first-order chi connectivity index (χ1) is 10.3. The summed E-state index contributed by atoms with van der Waals surface area (Å²) in [6, 6.07) is 15.4. The van der Waals surface area contributed by atoms with Gasteiger partial charge in [0.05, 0.1) is 7.11 Å². The molecule has 0 spiro atoms. The van der Waals surface area contributed by atoms with Gasteiger partial charge in [-0.05, 0) is 48.4 Å². The van der Waals surface area contributed by atoms with E-state index >= 15 is 0 Å². The zero-order valence-electron chi connectivity index (χ0n) is 12.0. The van der Waals surface area contributed by atoms with E-state index in [2.05, 4.69) is 34.3 Å². The van der Waals surface area contributed by atoms with E-state index < -0.39 is 0 Å². The topological polar surface area (TPSA) is 47.6 Å². The van der Waals surface area contributed by atoms with E-state index in [0.717, 1.165) is 18.8 Å². The lowest BCUT2D eigenvalue weighted by Gasteiger charge is -2.15. The summed E-state index contributed by atoms with van der Waals surface area (Å²) in [5.74, 6) is 1.25. The van der Waals surface area contributed by atoms with Crippen molar-refractivity contribution in [1.82, 2.24) is 5.32 Å². The van der Waals surface area contributed by atoms with E-state index in [1.54, 1.807) is 31.4 Å². The van der Waals surface area contributed by atoms with Gasteiger partial charge in [0.15, 0.2) is 0 Å². The number of hydrogen-bond acceptors (Lipinski definition) is 4. The van der Waals surface area contributed by atoms with Gasteiger partial charge < -0.3 is 14.8 Å². The molecule has 1 aliphatic rings. The molecule has 0 unspecified atom stereocenters. The Hall–Kier alpha value is -2.33. The standard InChI is InChI=1S/C9H11N.C8H8O3/c1-2-4-9-7-10-6-5-8(9)3-1;1-10-7-2-4-8(5-3-7)11-6-9/h1-4,10H,5-7H2;2-6H,1H3. The second-order valence-corrected chi connectivity index (χ2v) is 4.59. The molecule has 0 saturated heterocycles. The van der Waals surface area contributed by atoms with Crippen LogP contribution in [0.1, 0.15) is 11.1 Å². The summed E-state index contributed by atoms with van der Waals surface area (Å²) in [5, 5.41) is 3.34. The number of carbonyl (C=O) groups is 1. The maximum atomic E-state index is 9.88. The second kappa shape index (κ2) is 8.07. The number of fused-ring (bicyclic) bond motifs is 1. The van der Waals surface area contributed by atoms with Gasteiger partial charge in [-0.2, -0.15) is 0 Å². The molecule has 1 N–H and O–H groups in total. The van der Waals surface area contributed by atoms with Gasteiger partial charge >= 0.3 is 0 Å². The van der Waals surface area contributed by atoms with Gasteiger partial charge in [-0.1, -0.05) is 24.3 Å². The van der Waals surface area contributed by atoms with Crippen molar-refractivity contribution in [3.8, 4) is 11.5 Å². The van der Waals surface area contributed by atoms with Crippen LogP contribution >= 0.6 is 0 Å². The number of benzene rings is 2. The third-order valence-corrected chi connectivity index (χ3v) is 3.25.